The molecular formula is C15H18N2O4S. The van der Waals surface area contributed by atoms with Crippen molar-refractivity contribution in [3.05, 3.63) is 48.6 Å². The van der Waals surface area contributed by atoms with E-state index < -0.39 is 18.1 Å². The highest BCUT2D eigenvalue weighted by molar-refractivity contribution is 7.80. The second kappa shape index (κ2) is 9.51. The first-order valence-electron chi connectivity index (χ1n) is 6.65. The topological polar surface area (TPSA) is 76.7 Å². The molecule has 0 saturated carbocycles. The summed E-state index contributed by atoms with van der Waals surface area (Å²) in [6.07, 6.45) is 0.779. The van der Waals surface area contributed by atoms with E-state index in [0.29, 0.717) is 5.56 Å². The third kappa shape index (κ3) is 5.92. The van der Waals surface area contributed by atoms with Crippen molar-refractivity contribution in [2.45, 2.75) is 13.0 Å². The van der Waals surface area contributed by atoms with Gasteiger partial charge >= 0.3 is 12.1 Å². The van der Waals surface area contributed by atoms with Crippen LogP contribution >= 0.6 is 12.2 Å². The molecule has 2 N–H and O–H groups in total. The SMILES string of the molecule is C=CCOC(=O)C(NC(=S)NC(=O)OCC)c1ccccc1. The van der Waals surface area contributed by atoms with E-state index in [1.54, 1.807) is 31.2 Å². The van der Waals surface area contributed by atoms with Crippen LogP contribution in [0.4, 0.5) is 4.79 Å². The summed E-state index contributed by atoms with van der Waals surface area (Å²) in [4.78, 5) is 23.4. The Labute approximate surface area is 134 Å². The number of carbonyl (C=O) groups excluding carboxylic acids is 2. The minimum absolute atomic E-state index is 0.0251. The summed E-state index contributed by atoms with van der Waals surface area (Å²) in [5.74, 6) is -0.529. The summed E-state index contributed by atoms with van der Waals surface area (Å²) in [7, 11) is 0. The van der Waals surface area contributed by atoms with E-state index in [1.165, 1.54) is 6.08 Å². The minimum atomic E-state index is -0.837. The number of ether oxygens (including phenoxy) is 2. The van der Waals surface area contributed by atoms with Gasteiger partial charge in [0.15, 0.2) is 11.2 Å². The molecule has 118 valence electrons. The highest BCUT2D eigenvalue weighted by atomic mass is 32.1. The number of amides is 1. The molecule has 0 heterocycles. The maximum Gasteiger partial charge on any atom is 0.413 e. The molecule has 0 aliphatic rings. The van der Waals surface area contributed by atoms with Crippen LogP contribution in [-0.4, -0.2) is 30.4 Å². The van der Waals surface area contributed by atoms with Crippen LogP contribution in [0, 0.1) is 0 Å². The van der Waals surface area contributed by atoms with Gasteiger partial charge in [-0.3, -0.25) is 5.32 Å². The molecule has 1 atom stereocenters. The Morgan fingerprint density at radius 2 is 2.00 bits per heavy atom. The van der Waals surface area contributed by atoms with Crippen LogP contribution in [0.1, 0.15) is 18.5 Å². The van der Waals surface area contributed by atoms with Crippen molar-refractivity contribution in [1.82, 2.24) is 10.6 Å². The monoisotopic (exact) mass is 322 g/mol. The second-order valence-corrected chi connectivity index (χ2v) is 4.49. The molecule has 1 aromatic rings. The fourth-order valence-electron chi connectivity index (χ4n) is 1.58. The molecule has 1 unspecified atom stereocenters. The molecule has 0 aromatic heterocycles. The fourth-order valence-corrected chi connectivity index (χ4v) is 1.78. The molecule has 0 aliphatic carbocycles. The zero-order chi connectivity index (χ0) is 16.4. The standard InChI is InChI=1S/C15H18N2O4S/c1-3-10-21-13(18)12(11-8-6-5-7-9-11)16-14(22)17-15(19)20-4-2/h3,5-9,12H,1,4,10H2,2H3,(H2,16,17,19,22). The van der Waals surface area contributed by atoms with E-state index in [4.69, 9.17) is 21.7 Å². The van der Waals surface area contributed by atoms with Crippen LogP contribution in [0.3, 0.4) is 0 Å². The van der Waals surface area contributed by atoms with E-state index in [0.717, 1.165) is 0 Å². The summed E-state index contributed by atoms with van der Waals surface area (Å²) >= 11 is 5.00. The van der Waals surface area contributed by atoms with Crippen molar-refractivity contribution in [2.24, 2.45) is 0 Å². The summed E-state index contributed by atoms with van der Waals surface area (Å²) < 4.78 is 9.76. The van der Waals surface area contributed by atoms with Gasteiger partial charge in [-0.1, -0.05) is 43.0 Å². The van der Waals surface area contributed by atoms with Crippen LogP contribution in [0.25, 0.3) is 0 Å². The number of hydrogen-bond donors (Lipinski definition) is 2. The zero-order valence-electron chi connectivity index (χ0n) is 12.2. The molecule has 0 fully saturated rings. The van der Waals surface area contributed by atoms with Crippen molar-refractivity contribution >= 4 is 29.4 Å². The molecule has 1 amide bonds. The molecule has 1 rings (SSSR count). The predicted octanol–water partition coefficient (Wildman–Crippen LogP) is 2.08. The summed E-state index contributed by atoms with van der Waals surface area (Å²) in [5.41, 5.74) is 0.657. The average molecular weight is 322 g/mol. The number of hydrogen-bond acceptors (Lipinski definition) is 5. The Morgan fingerprint density at radius 1 is 1.32 bits per heavy atom. The summed E-state index contributed by atoms with van der Waals surface area (Å²) in [6, 6.07) is 8.06. The summed E-state index contributed by atoms with van der Waals surface area (Å²) in [6.45, 7) is 5.47. The quantitative estimate of drug-likeness (QED) is 0.474. The van der Waals surface area contributed by atoms with Gasteiger partial charge < -0.3 is 14.8 Å². The van der Waals surface area contributed by atoms with Gasteiger partial charge in [-0.25, -0.2) is 9.59 Å². The molecule has 22 heavy (non-hydrogen) atoms. The Kier molecular flexibility index (Phi) is 7.63. The Morgan fingerprint density at radius 3 is 2.59 bits per heavy atom. The summed E-state index contributed by atoms with van der Waals surface area (Å²) in [5, 5.41) is 5.04. The van der Waals surface area contributed by atoms with E-state index >= 15 is 0 Å². The number of thiocarbonyl (C=S) groups is 1. The van der Waals surface area contributed by atoms with Gasteiger partial charge in [0.2, 0.25) is 0 Å². The third-order valence-electron chi connectivity index (χ3n) is 2.48. The predicted molar refractivity (Wildman–Crippen MR) is 86.2 cm³/mol. The first kappa shape index (κ1) is 17.6. The largest absolute Gasteiger partial charge is 0.460 e. The van der Waals surface area contributed by atoms with E-state index in [1.807, 2.05) is 6.07 Å². The van der Waals surface area contributed by atoms with E-state index in [9.17, 15) is 9.59 Å². The van der Waals surface area contributed by atoms with Crippen molar-refractivity contribution in [3.63, 3.8) is 0 Å². The van der Waals surface area contributed by atoms with Gasteiger partial charge in [-0.15, -0.1) is 0 Å². The normalized spacial score (nSPS) is 11.0. The number of benzene rings is 1. The van der Waals surface area contributed by atoms with Crippen molar-refractivity contribution in [1.29, 1.82) is 0 Å². The third-order valence-corrected chi connectivity index (χ3v) is 2.70. The van der Waals surface area contributed by atoms with Gasteiger partial charge in [0.25, 0.3) is 0 Å². The van der Waals surface area contributed by atoms with Gasteiger partial charge in [-0.2, -0.15) is 0 Å². The molecular weight excluding hydrogens is 304 g/mol. The smallest absolute Gasteiger partial charge is 0.413 e. The van der Waals surface area contributed by atoms with Gasteiger partial charge in [-0.05, 0) is 24.7 Å². The maximum atomic E-state index is 12.1. The molecule has 0 bridgehead atoms. The molecule has 0 saturated heterocycles. The van der Waals surface area contributed by atoms with Gasteiger partial charge in [0.05, 0.1) is 6.61 Å². The molecule has 1 aromatic carbocycles. The minimum Gasteiger partial charge on any atom is -0.460 e. The molecule has 0 spiro atoms. The first-order chi connectivity index (χ1) is 10.6. The molecule has 6 nitrogen and oxygen atoms in total. The van der Waals surface area contributed by atoms with Crippen LogP contribution in [-0.2, 0) is 14.3 Å². The Hall–Kier alpha value is -2.41. The van der Waals surface area contributed by atoms with Crippen LogP contribution in [0.2, 0.25) is 0 Å². The number of rotatable bonds is 6. The maximum absolute atomic E-state index is 12.1. The number of alkyl carbamates (subject to hydrolysis) is 1. The first-order valence-corrected chi connectivity index (χ1v) is 7.06. The fraction of sp³-hybridized carbons (Fsp3) is 0.267. The van der Waals surface area contributed by atoms with Crippen molar-refractivity contribution < 1.29 is 19.1 Å². The highest BCUT2D eigenvalue weighted by Gasteiger charge is 2.23. The highest BCUT2D eigenvalue weighted by Crippen LogP contribution is 2.14. The lowest BCUT2D eigenvalue weighted by molar-refractivity contribution is -0.144. The average Bonchev–Trinajstić information content (AvgIpc) is 2.51. The molecule has 0 radical (unpaired) electrons. The second-order valence-electron chi connectivity index (χ2n) is 4.08. The van der Waals surface area contributed by atoms with Crippen LogP contribution < -0.4 is 10.6 Å². The van der Waals surface area contributed by atoms with Crippen LogP contribution in [0.15, 0.2) is 43.0 Å². The Bertz CT molecular complexity index is 534. The molecule has 7 heteroatoms. The van der Waals surface area contributed by atoms with Crippen LogP contribution in [0.5, 0.6) is 0 Å². The van der Waals surface area contributed by atoms with Gasteiger partial charge in [0.1, 0.15) is 6.61 Å². The number of carbonyl (C=O) groups is 2. The Balaban J connectivity index is 2.78. The van der Waals surface area contributed by atoms with E-state index in [-0.39, 0.29) is 18.3 Å². The van der Waals surface area contributed by atoms with E-state index in [2.05, 4.69) is 17.2 Å². The lowest BCUT2D eigenvalue weighted by Crippen LogP contribution is -2.43. The lowest BCUT2D eigenvalue weighted by atomic mass is 10.1. The van der Waals surface area contributed by atoms with Crippen molar-refractivity contribution in [3.8, 4) is 0 Å². The number of esters is 1. The zero-order valence-corrected chi connectivity index (χ0v) is 13.0. The van der Waals surface area contributed by atoms with Gasteiger partial charge in [0, 0.05) is 0 Å². The molecule has 0 aliphatic heterocycles. The lowest BCUT2D eigenvalue weighted by Gasteiger charge is -2.19. The number of nitrogens with one attached hydrogen (secondary N) is 2. The van der Waals surface area contributed by atoms with Crippen molar-refractivity contribution in [2.75, 3.05) is 13.2 Å².